The highest BCUT2D eigenvalue weighted by Crippen LogP contribution is 2.61. The normalized spacial score (nSPS) is 37.0. The van der Waals surface area contributed by atoms with Crippen molar-refractivity contribution in [1.29, 1.82) is 0 Å². The molecule has 0 aromatic heterocycles. The predicted octanol–water partition coefficient (Wildman–Crippen LogP) is -0.165. The SMILES string of the molecule is CC(=O)OCC1OC(OC2OC=CC3C(OC(C)=O)C4OC4(COC(C)=O)C23)C(OC(C)=O)C(OC(C)=O)C1OC(C)=O. The van der Waals surface area contributed by atoms with Gasteiger partial charge in [0.25, 0.3) is 0 Å². The van der Waals surface area contributed by atoms with E-state index in [2.05, 4.69) is 0 Å². The van der Waals surface area contributed by atoms with Crippen LogP contribution in [-0.4, -0.2) is 104 Å². The molecule has 1 aliphatic carbocycles. The Kier molecular flexibility index (Phi) is 9.61. The first kappa shape index (κ1) is 32.2. The van der Waals surface area contributed by atoms with Gasteiger partial charge in [-0.05, 0) is 6.08 Å². The summed E-state index contributed by atoms with van der Waals surface area (Å²) in [7, 11) is 0. The number of rotatable bonds is 10. The molecule has 11 unspecified atom stereocenters. The first-order valence-corrected chi connectivity index (χ1v) is 13.5. The number of hydrogen-bond donors (Lipinski definition) is 0. The molecule has 238 valence electrons. The van der Waals surface area contributed by atoms with Crippen LogP contribution in [0.25, 0.3) is 0 Å². The van der Waals surface area contributed by atoms with Gasteiger partial charge in [-0.25, -0.2) is 0 Å². The molecule has 0 N–H and O–H groups in total. The maximum atomic E-state index is 12.2. The lowest BCUT2D eigenvalue weighted by molar-refractivity contribution is -0.346. The van der Waals surface area contributed by atoms with Gasteiger partial charge in [0.05, 0.1) is 12.2 Å². The molecule has 0 amide bonds. The van der Waals surface area contributed by atoms with Crippen LogP contribution in [0.1, 0.15) is 41.5 Å². The summed E-state index contributed by atoms with van der Waals surface area (Å²) in [5.74, 6) is -5.45. The van der Waals surface area contributed by atoms with E-state index in [0.29, 0.717) is 0 Å². The number of hydrogen-bond acceptors (Lipinski definition) is 16. The van der Waals surface area contributed by atoms with Gasteiger partial charge < -0.3 is 47.4 Å². The fourth-order valence-electron chi connectivity index (χ4n) is 5.79. The molecule has 3 aliphatic heterocycles. The molecule has 0 aromatic rings. The van der Waals surface area contributed by atoms with E-state index in [0.717, 1.165) is 27.7 Å². The third kappa shape index (κ3) is 7.08. The van der Waals surface area contributed by atoms with E-state index in [1.807, 2.05) is 0 Å². The van der Waals surface area contributed by atoms with Crippen LogP contribution in [0.15, 0.2) is 12.3 Å². The van der Waals surface area contributed by atoms with E-state index in [1.165, 1.54) is 20.1 Å². The van der Waals surface area contributed by atoms with E-state index in [-0.39, 0.29) is 6.61 Å². The average Bonchev–Trinajstić information content (AvgIpc) is 3.56. The van der Waals surface area contributed by atoms with Crippen molar-refractivity contribution < 1.29 is 76.1 Å². The Labute approximate surface area is 246 Å². The first-order chi connectivity index (χ1) is 20.2. The molecule has 0 bridgehead atoms. The Bertz CT molecular complexity index is 1170. The number of fused-ring (bicyclic) bond motifs is 3. The highest BCUT2D eigenvalue weighted by atomic mass is 16.8. The summed E-state index contributed by atoms with van der Waals surface area (Å²) in [6, 6.07) is 0. The van der Waals surface area contributed by atoms with Crippen molar-refractivity contribution in [3.8, 4) is 0 Å². The number of ether oxygens (including phenoxy) is 10. The summed E-state index contributed by atoms with van der Waals surface area (Å²) in [6.07, 6.45) is -6.80. The molecule has 4 rings (SSSR count). The minimum absolute atomic E-state index is 0.207. The van der Waals surface area contributed by atoms with Gasteiger partial charge in [0, 0.05) is 47.5 Å². The van der Waals surface area contributed by atoms with Crippen LogP contribution in [0, 0.1) is 11.8 Å². The van der Waals surface area contributed by atoms with Crippen molar-refractivity contribution >= 4 is 35.8 Å². The lowest BCUT2D eigenvalue weighted by Gasteiger charge is -2.46. The van der Waals surface area contributed by atoms with Gasteiger partial charge >= 0.3 is 35.8 Å². The summed E-state index contributed by atoms with van der Waals surface area (Å²) in [5.41, 5.74) is -1.16. The van der Waals surface area contributed by atoms with Gasteiger partial charge in [-0.2, -0.15) is 0 Å². The largest absolute Gasteiger partial charge is 0.472 e. The van der Waals surface area contributed by atoms with Crippen molar-refractivity contribution in [3.63, 3.8) is 0 Å². The number of carbonyl (C=O) groups is 6. The minimum Gasteiger partial charge on any atom is -0.472 e. The predicted molar refractivity (Wildman–Crippen MR) is 134 cm³/mol. The van der Waals surface area contributed by atoms with Gasteiger partial charge in [-0.3, -0.25) is 28.8 Å². The van der Waals surface area contributed by atoms with Gasteiger partial charge in [-0.15, -0.1) is 0 Å². The third-order valence-electron chi connectivity index (χ3n) is 7.25. The lowest BCUT2D eigenvalue weighted by atomic mass is 9.85. The van der Waals surface area contributed by atoms with Crippen LogP contribution in [-0.2, 0) is 76.1 Å². The Hall–Kier alpha value is -3.76. The van der Waals surface area contributed by atoms with Gasteiger partial charge in [0.1, 0.15) is 37.1 Å². The Balaban J connectivity index is 1.69. The molecule has 1 saturated carbocycles. The Morgan fingerprint density at radius 3 is 1.81 bits per heavy atom. The van der Waals surface area contributed by atoms with Crippen molar-refractivity contribution in [1.82, 2.24) is 0 Å². The molecular weight excluding hydrogens is 580 g/mol. The zero-order chi connectivity index (χ0) is 31.6. The molecule has 3 fully saturated rings. The second-order valence-corrected chi connectivity index (χ2v) is 10.5. The van der Waals surface area contributed by atoms with Crippen molar-refractivity contribution in [2.24, 2.45) is 11.8 Å². The minimum atomic E-state index is -1.55. The molecule has 2 saturated heterocycles. The van der Waals surface area contributed by atoms with Gasteiger partial charge in [0.15, 0.2) is 18.3 Å². The van der Waals surface area contributed by atoms with Crippen molar-refractivity contribution in [3.05, 3.63) is 12.3 Å². The first-order valence-electron chi connectivity index (χ1n) is 13.5. The van der Waals surface area contributed by atoms with Crippen LogP contribution < -0.4 is 0 Å². The smallest absolute Gasteiger partial charge is 0.303 e. The molecule has 43 heavy (non-hydrogen) atoms. The zero-order valence-corrected chi connectivity index (χ0v) is 24.4. The second-order valence-electron chi connectivity index (χ2n) is 10.5. The van der Waals surface area contributed by atoms with Crippen molar-refractivity contribution in [2.75, 3.05) is 13.2 Å². The average molecular weight is 615 g/mol. The van der Waals surface area contributed by atoms with E-state index in [9.17, 15) is 28.8 Å². The number of esters is 6. The number of carbonyl (C=O) groups excluding carboxylic acids is 6. The Morgan fingerprint density at radius 2 is 1.23 bits per heavy atom. The monoisotopic (exact) mass is 614 g/mol. The summed E-state index contributed by atoms with van der Waals surface area (Å²) >= 11 is 0. The van der Waals surface area contributed by atoms with Crippen LogP contribution in [0.4, 0.5) is 0 Å². The maximum absolute atomic E-state index is 12.2. The quantitative estimate of drug-likeness (QED) is 0.178. The molecule has 16 heteroatoms. The summed E-state index contributed by atoms with van der Waals surface area (Å²) in [5, 5.41) is 0. The van der Waals surface area contributed by atoms with Crippen LogP contribution >= 0.6 is 0 Å². The molecule has 0 radical (unpaired) electrons. The Morgan fingerprint density at radius 1 is 0.674 bits per heavy atom. The summed E-state index contributed by atoms with van der Waals surface area (Å²) in [4.78, 5) is 71.5. The van der Waals surface area contributed by atoms with E-state index < -0.39 is 109 Å². The van der Waals surface area contributed by atoms with E-state index >= 15 is 0 Å². The number of epoxide rings is 1. The molecule has 16 nitrogen and oxygen atoms in total. The fourth-order valence-corrected chi connectivity index (χ4v) is 5.79. The summed E-state index contributed by atoms with van der Waals surface area (Å²) < 4.78 is 56.2. The molecule has 4 aliphatic rings. The third-order valence-corrected chi connectivity index (χ3v) is 7.25. The topological polar surface area (TPSA) is 198 Å². The maximum Gasteiger partial charge on any atom is 0.303 e. The van der Waals surface area contributed by atoms with Crippen LogP contribution in [0.5, 0.6) is 0 Å². The molecular formula is C27H34O16. The highest BCUT2D eigenvalue weighted by Gasteiger charge is 2.78. The van der Waals surface area contributed by atoms with Crippen molar-refractivity contribution in [2.45, 2.75) is 96.3 Å². The van der Waals surface area contributed by atoms with Gasteiger partial charge in [-0.1, -0.05) is 0 Å². The second kappa shape index (κ2) is 12.9. The molecule has 0 aromatic carbocycles. The lowest BCUT2D eigenvalue weighted by Crippen LogP contribution is -2.64. The fraction of sp³-hybridized carbons (Fsp3) is 0.704. The van der Waals surface area contributed by atoms with E-state index in [1.54, 1.807) is 6.08 Å². The molecule has 0 spiro atoms. The molecule has 11 atom stereocenters. The molecule has 3 heterocycles. The summed E-state index contributed by atoms with van der Waals surface area (Å²) in [6.45, 7) is 6.27. The van der Waals surface area contributed by atoms with Gasteiger partial charge in [0.2, 0.25) is 12.6 Å². The van der Waals surface area contributed by atoms with Crippen LogP contribution in [0.3, 0.4) is 0 Å². The van der Waals surface area contributed by atoms with E-state index in [4.69, 9.17) is 47.4 Å². The standard InChI is InChI=1S/C27H34O16/c1-11(28)35-9-18-21(38-14(4)31)22(39-15(5)32)23(40-16(6)33)26(41-18)42-25-19-17(7-8-34-25)20(37-13(3)30)24-27(19,43-24)10-36-12(2)29/h7-8,17-26H,9-10H2,1-6H3. The zero-order valence-electron chi connectivity index (χ0n) is 24.4. The van der Waals surface area contributed by atoms with Crippen LogP contribution in [0.2, 0.25) is 0 Å². The highest BCUT2D eigenvalue weighted by molar-refractivity contribution is 5.69.